The van der Waals surface area contributed by atoms with Crippen LogP contribution in [0, 0.1) is 16.3 Å². The Kier molecular flexibility index (Phi) is 2.12. The molecule has 5 nitrogen and oxygen atoms in total. The third-order valence-electron chi connectivity index (χ3n) is 1.84. The van der Waals surface area contributed by atoms with Crippen LogP contribution in [0.2, 0.25) is 0 Å². The summed E-state index contributed by atoms with van der Waals surface area (Å²) in [7, 11) is 1.80. The minimum atomic E-state index is 0.338. The van der Waals surface area contributed by atoms with Crippen molar-refractivity contribution in [3.8, 4) is 11.5 Å². The van der Waals surface area contributed by atoms with Crippen molar-refractivity contribution in [1.29, 1.82) is 0 Å². The van der Waals surface area contributed by atoms with Gasteiger partial charge in [0.25, 0.3) is 0 Å². The van der Waals surface area contributed by atoms with Gasteiger partial charge in [0.1, 0.15) is 10.5 Å². The molecule has 1 N–H and O–H groups in total. The molecule has 0 aliphatic carbocycles. The lowest BCUT2D eigenvalue weighted by atomic mass is 10.4. The Morgan fingerprint density at radius 3 is 2.71 bits per heavy atom. The predicted molar refractivity (Wildman–Crippen MR) is 56.2 cm³/mol. The minimum absolute atomic E-state index is 0.338. The van der Waals surface area contributed by atoms with E-state index in [1.807, 2.05) is 6.92 Å². The molecule has 14 heavy (non-hydrogen) atoms. The molecule has 0 bridgehead atoms. The van der Waals surface area contributed by atoms with Crippen LogP contribution in [0.5, 0.6) is 0 Å². The first-order valence-corrected chi connectivity index (χ1v) is 4.71. The minimum Gasteiger partial charge on any atom is -0.320 e. The van der Waals surface area contributed by atoms with Crippen LogP contribution in [-0.2, 0) is 7.05 Å². The standard InChI is InChI=1S/C7H7N5S2/c1-3-8-5-4(11-12(3)2)6(13)10-7(14)9-5/h1-2H3,(H,10,13,14). The van der Waals surface area contributed by atoms with Crippen molar-refractivity contribution in [3.05, 3.63) is 15.2 Å². The Morgan fingerprint density at radius 1 is 1.29 bits per heavy atom. The molecule has 0 amide bonds. The van der Waals surface area contributed by atoms with Gasteiger partial charge in [-0.25, -0.2) is 4.98 Å². The van der Waals surface area contributed by atoms with E-state index in [4.69, 9.17) is 24.4 Å². The highest BCUT2D eigenvalue weighted by molar-refractivity contribution is 7.72. The summed E-state index contributed by atoms with van der Waals surface area (Å²) in [5.74, 6) is 1.26. The van der Waals surface area contributed by atoms with Crippen molar-refractivity contribution in [3.63, 3.8) is 0 Å². The fraction of sp³-hybridized carbons (Fsp3) is 0.286. The summed E-state index contributed by atoms with van der Waals surface area (Å²) in [4.78, 5) is 11.0. The normalized spacial score (nSPS) is 10.7. The molecule has 0 radical (unpaired) electrons. The molecule has 0 fully saturated rings. The Labute approximate surface area is 90.2 Å². The molecule has 0 saturated heterocycles. The van der Waals surface area contributed by atoms with E-state index in [0.29, 0.717) is 20.9 Å². The van der Waals surface area contributed by atoms with E-state index in [1.54, 1.807) is 11.7 Å². The molecule has 0 aromatic rings. The fourth-order valence-corrected chi connectivity index (χ4v) is 1.53. The van der Waals surface area contributed by atoms with Gasteiger partial charge in [0.2, 0.25) is 0 Å². The zero-order chi connectivity index (χ0) is 10.3. The van der Waals surface area contributed by atoms with Crippen molar-refractivity contribution < 1.29 is 0 Å². The van der Waals surface area contributed by atoms with Gasteiger partial charge < -0.3 is 4.98 Å². The van der Waals surface area contributed by atoms with Crippen LogP contribution in [0.15, 0.2) is 0 Å². The predicted octanol–water partition coefficient (Wildman–Crippen LogP) is 1.41. The van der Waals surface area contributed by atoms with Gasteiger partial charge >= 0.3 is 0 Å². The van der Waals surface area contributed by atoms with Gasteiger partial charge in [-0.05, 0) is 19.1 Å². The summed E-state index contributed by atoms with van der Waals surface area (Å²) < 4.78 is 2.46. The summed E-state index contributed by atoms with van der Waals surface area (Å²) in [5.41, 5.74) is 0.571. The van der Waals surface area contributed by atoms with Crippen LogP contribution >= 0.6 is 24.4 Å². The number of nitrogens with zero attached hydrogens (tertiary/aromatic N) is 4. The Hall–Kier alpha value is -1.21. The molecule has 2 aliphatic heterocycles. The number of fused-ring (bicyclic) bond motifs is 1. The first-order chi connectivity index (χ1) is 6.58. The fourth-order valence-electron chi connectivity index (χ4n) is 1.05. The van der Waals surface area contributed by atoms with E-state index in [-0.39, 0.29) is 0 Å². The second-order valence-electron chi connectivity index (χ2n) is 2.83. The number of H-pyrrole nitrogens is 1. The van der Waals surface area contributed by atoms with E-state index in [2.05, 4.69) is 20.1 Å². The van der Waals surface area contributed by atoms with Crippen molar-refractivity contribution in [2.45, 2.75) is 6.92 Å². The summed E-state index contributed by atoms with van der Waals surface area (Å²) in [6, 6.07) is 0. The number of aromatic amines is 1. The molecule has 2 rings (SSSR count). The number of hydrogen-bond acceptors (Lipinski definition) is 5. The van der Waals surface area contributed by atoms with Crippen LogP contribution in [-0.4, -0.2) is 24.7 Å². The topological polar surface area (TPSA) is 59.4 Å². The molecular weight excluding hydrogens is 218 g/mol. The molecule has 0 spiro atoms. The maximum absolute atomic E-state index is 5.07. The smallest absolute Gasteiger partial charge is 0.200 e. The molecule has 0 unspecified atom stereocenters. The first-order valence-electron chi connectivity index (χ1n) is 3.90. The van der Waals surface area contributed by atoms with Crippen LogP contribution in [0.3, 0.4) is 0 Å². The number of nitrogens with one attached hydrogen (secondary N) is 1. The average molecular weight is 225 g/mol. The molecule has 7 heteroatoms. The maximum Gasteiger partial charge on any atom is 0.200 e. The highest BCUT2D eigenvalue weighted by atomic mass is 32.1. The van der Waals surface area contributed by atoms with Gasteiger partial charge in [0.05, 0.1) is 0 Å². The maximum atomic E-state index is 5.07. The molecule has 0 atom stereocenters. The lowest BCUT2D eigenvalue weighted by molar-refractivity contribution is 0.671. The molecule has 72 valence electrons. The summed E-state index contributed by atoms with van der Waals surface area (Å²) in [6.45, 7) is 1.84. The molecule has 0 saturated carbocycles. The third-order valence-corrected chi connectivity index (χ3v) is 2.33. The average Bonchev–Trinajstić information content (AvgIpc) is 2.08. The molecule has 0 aromatic carbocycles. The zero-order valence-corrected chi connectivity index (χ0v) is 9.24. The lowest BCUT2D eigenvalue weighted by Crippen LogP contribution is -2.10. The van der Waals surface area contributed by atoms with Gasteiger partial charge in [-0.2, -0.15) is 10.1 Å². The number of aryl methyl sites for hydroxylation is 2. The zero-order valence-electron chi connectivity index (χ0n) is 7.61. The van der Waals surface area contributed by atoms with Gasteiger partial charge in [-0.3, -0.25) is 4.68 Å². The van der Waals surface area contributed by atoms with Crippen molar-refractivity contribution in [1.82, 2.24) is 24.7 Å². The first kappa shape index (κ1) is 9.35. The Bertz CT molecular complexity index is 569. The van der Waals surface area contributed by atoms with E-state index < -0.39 is 0 Å². The largest absolute Gasteiger partial charge is 0.320 e. The van der Waals surface area contributed by atoms with Gasteiger partial charge in [0.15, 0.2) is 16.3 Å². The molecular formula is C7H7N5S2. The summed E-state index contributed by atoms with van der Waals surface area (Å²) in [5, 5.41) is 4.23. The molecule has 2 aliphatic rings. The second kappa shape index (κ2) is 3.18. The van der Waals surface area contributed by atoms with E-state index in [9.17, 15) is 0 Å². The van der Waals surface area contributed by atoms with Gasteiger partial charge in [0, 0.05) is 7.05 Å². The van der Waals surface area contributed by atoms with Crippen LogP contribution in [0.1, 0.15) is 5.82 Å². The Morgan fingerprint density at radius 2 is 2.00 bits per heavy atom. The monoisotopic (exact) mass is 225 g/mol. The number of aromatic nitrogens is 5. The summed E-state index contributed by atoms with van der Waals surface area (Å²) >= 11 is 9.96. The Balaban J connectivity index is 2.96. The number of rotatable bonds is 0. The van der Waals surface area contributed by atoms with Crippen LogP contribution in [0.25, 0.3) is 11.5 Å². The highest BCUT2D eigenvalue weighted by Crippen LogP contribution is 2.13. The van der Waals surface area contributed by atoms with E-state index >= 15 is 0 Å². The third kappa shape index (κ3) is 1.44. The lowest BCUT2D eigenvalue weighted by Gasteiger charge is -2.07. The van der Waals surface area contributed by atoms with Crippen molar-refractivity contribution in [2.24, 2.45) is 7.05 Å². The highest BCUT2D eigenvalue weighted by Gasteiger charge is 2.10. The van der Waals surface area contributed by atoms with Crippen molar-refractivity contribution in [2.75, 3.05) is 0 Å². The van der Waals surface area contributed by atoms with Crippen LogP contribution < -0.4 is 0 Å². The van der Waals surface area contributed by atoms with Gasteiger partial charge in [-0.15, -0.1) is 0 Å². The second-order valence-corrected chi connectivity index (χ2v) is 3.62. The molecule has 2 heterocycles. The molecule has 0 aromatic heterocycles. The summed E-state index contributed by atoms with van der Waals surface area (Å²) in [6.07, 6.45) is 0. The van der Waals surface area contributed by atoms with Crippen molar-refractivity contribution >= 4 is 24.4 Å². The van der Waals surface area contributed by atoms with E-state index in [0.717, 1.165) is 5.82 Å². The SMILES string of the molecule is Cc1nc2nc(=S)[nH]c(=S)c-2nn1C. The van der Waals surface area contributed by atoms with Gasteiger partial charge in [-0.1, -0.05) is 12.2 Å². The van der Waals surface area contributed by atoms with Crippen LogP contribution in [0.4, 0.5) is 0 Å². The van der Waals surface area contributed by atoms with E-state index in [1.165, 1.54) is 0 Å². The number of hydrogen-bond donors (Lipinski definition) is 1. The quantitative estimate of drug-likeness (QED) is 0.687.